The summed E-state index contributed by atoms with van der Waals surface area (Å²) in [6.07, 6.45) is 2.54. The first-order valence-electron chi connectivity index (χ1n) is 7.12. The summed E-state index contributed by atoms with van der Waals surface area (Å²) in [4.78, 5) is 10.8. The van der Waals surface area contributed by atoms with Crippen molar-refractivity contribution in [3.05, 3.63) is 41.7 Å². The van der Waals surface area contributed by atoms with Crippen LogP contribution in [-0.4, -0.2) is 23.1 Å². The SMILES string of the molecule is Cc1cc(C#N)nc(Nc2ccc(N3CCCC3)cc2)n1. The molecule has 0 aliphatic carbocycles. The summed E-state index contributed by atoms with van der Waals surface area (Å²) < 4.78 is 0. The van der Waals surface area contributed by atoms with E-state index < -0.39 is 0 Å². The predicted molar refractivity (Wildman–Crippen MR) is 82.7 cm³/mol. The number of aromatic nitrogens is 2. The molecule has 1 aliphatic rings. The fraction of sp³-hybridized carbons (Fsp3) is 0.312. The molecule has 1 aromatic heterocycles. The van der Waals surface area contributed by atoms with E-state index in [9.17, 15) is 0 Å². The molecule has 3 rings (SSSR count). The average Bonchev–Trinajstić information content (AvgIpc) is 3.01. The van der Waals surface area contributed by atoms with Crippen molar-refractivity contribution < 1.29 is 0 Å². The number of rotatable bonds is 3. The molecule has 0 atom stereocenters. The summed E-state index contributed by atoms with van der Waals surface area (Å²) in [5.41, 5.74) is 3.32. The first kappa shape index (κ1) is 13.4. The molecule has 1 N–H and O–H groups in total. The normalized spacial score (nSPS) is 14.0. The maximum absolute atomic E-state index is 8.94. The van der Waals surface area contributed by atoms with Crippen molar-refractivity contribution in [2.75, 3.05) is 23.3 Å². The van der Waals surface area contributed by atoms with Gasteiger partial charge >= 0.3 is 0 Å². The van der Waals surface area contributed by atoms with Gasteiger partial charge in [-0.2, -0.15) is 5.26 Å². The van der Waals surface area contributed by atoms with E-state index in [0.29, 0.717) is 11.6 Å². The molecular weight excluding hydrogens is 262 g/mol. The Morgan fingerprint density at radius 2 is 1.86 bits per heavy atom. The van der Waals surface area contributed by atoms with Crippen LogP contribution in [0, 0.1) is 18.3 Å². The minimum atomic E-state index is 0.374. The largest absolute Gasteiger partial charge is 0.372 e. The molecule has 0 spiro atoms. The van der Waals surface area contributed by atoms with Crippen LogP contribution in [0.15, 0.2) is 30.3 Å². The molecule has 0 amide bonds. The van der Waals surface area contributed by atoms with Crippen LogP contribution < -0.4 is 10.2 Å². The van der Waals surface area contributed by atoms with Crippen LogP contribution in [0.2, 0.25) is 0 Å². The van der Waals surface area contributed by atoms with Crippen molar-refractivity contribution in [3.63, 3.8) is 0 Å². The number of benzene rings is 1. The quantitative estimate of drug-likeness (QED) is 0.935. The minimum absolute atomic E-state index is 0.374. The van der Waals surface area contributed by atoms with Gasteiger partial charge in [0.05, 0.1) is 0 Å². The molecule has 5 heteroatoms. The molecule has 2 aromatic rings. The van der Waals surface area contributed by atoms with E-state index in [2.05, 4.69) is 32.3 Å². The third kappa shape index (κ3) is 3.11. The second-order valence-corrected chi connectivity index (χ2v) is 5.20. The molecule has 0 unspecified atom stereocenters. The number of hydrogen-bond acceptors (Lipinski definition) is 5. The van der Waals surface area contributed by atoms with Gasteiger partial charge in [-0.3, -0.25) is 0 Å². The Balaban J connectivity index is 1.76. The summed E-state index contributed by atoms with van der Waals surface area (Å²) in [6.45, 7) is 4.13. The van der Waals surface area contributed by atoms with Gasteiger partial charge in [0.1, 0.15) is 11.8 Å². The second-order valence-electron chi connectivity index (χ2n) is 5.20. The van der Waals surface area contributed by atoms with Crippen molar-refractivity contribution in [1.29, 1.82) is 5.26 Å². The van der Waals surface area contributed by atoms with E-state index in [0.717, 1.165) is 24.5 Å². The van der Waals surface area contributed by atoms with E-state index in [-0.39, 0.29) is 0 Å². The number of anilines is 3. The average molecular weight is 279 g/mol. The van der Waals surface area contributed by atoms with Gasteiger partial charge in [0.25, 0.3) is 0 Å². The van der Waals surface area contributed by atoms with Gasteiger partial charge < -0.3 is 10.2 Å². The Hall–Kier alpha value is -2.61. The topological polar surface area (TPSA) is 64.8 Å². The van der Waals surface area contributed by atoms with Crippen molar-refractivity contribution in [1.82, 2.24) is 9.97 Å². The smallest absolute Gasteiger partial charge is 0.228 e. The predicted octanol–water partition coefficient (Wildman–Crippen LogP) is 3.00. The lowest BCUT2D eigenvalue weighted by Gasteiger charge is -2.17. The van der Waals surface area contributed by atoms with Crippen molar-refractivity contribution in [2.24, 2.45) is 0 Å². The van der Waals surface area contributed by atoms with Gasteiger partial charge in [-0.15, -0.1) is 0 Å². The van der Waals surface area contributed by atoms with E-state index in [1.807, 2.05) is 25.1 Å². The van der Waals surface area contributed by atoms with Gasteiger partial charge in [-0.25, -0.2) is 9.97 Å². The lowest BCUT2D eigenvalue weighted by Crippen LogP contribution is -2.17. The lowest BCUT2D eigenvalue weighted by molar-refractivity contribution is 0.949. The highest BCUT2D eigenvalue weighted by Crippen LogP contribution is 2.23. The Morgan fingerprint density at radius 1 is 1.14 bits per heavy atom. The summed E-state index contributed by atoms with van der Waals surface area (Å²) in [6, 6.07) is 12.0. The van der Waals surface area contributed by atoms with Crippen LogP contribution >= 0.6 is 0 Å². The molecule has 2 heterocycles. The fourth-order valence-electron chi connectivity index (χ4n) is 2.54. The highest BCUT2D eigenvalue weighted by molar-refractivity contribution is 5.59. The van der Waals surface area contributed by atoms with E-state index in [1.54, 1.807) is 6.07 Å². The standard InChI is InChI=1S/C16H17N5/c1-12-10-14(11-17)20-16(18-12)19-13-4-6-15(7-5-13)21-8-2-3-9-21/h4-7,10H,2-3,8-9H2,1H3,(H,18,19,20). The van der Waals surface area contributed by atoms with Gasteiger partial charge in [-0.1, -0.05) is 0 Å². The number of hydrogen-bond donors (Lipinski definition) is 1. The highest BCUT2D eigenvalue weighted by Gasteiger charge is 2.11. The summed E-state index contributed by atoms with van der Waals surface area (Å²) in [7, 11) is 0. The Labute approximate surface area is 124 Å². The Morgan fingerprint density at radius 3 is 2.52 bits per heavy atom. The lowest BCUT2D eigenvalue weighted by atomic mass is 10.2. The van der Waals surface area contributed by atoms with Crippen LogP contribution in [-0.2, 0) is 0 Å². The fourth-order valence-corrected chi connectivity index (χ4v) is 2.54. The van der Waals surface area contributed by atoms with Crippen LogP contribution in [0.1, 0.15) is 24.2 Å². The van der Waals surface area contributed by atoms with Crippen LogP contribution in [0.3, 0.4) is 0 Å². The van der Waals surface area contributed by atoms with Crippen molar-refractivity contribution in [3.8, 4) is 6.07 Å². The molecule has 21 heavy (non-hydrogen) atoms. The zero-order chi connectivity index (χ0) is 14.7. The van der Waals surface area contributed by atoms with Crippen LogP contribution in [0.4, 0.5) is 17.3 Å². The molecule has 1 fully saturated rings. The molecule has 0 radical (unpaired) electrons. The van der Waals surface area contributed by atoms with Crippen LogP contribution in [0.5, 0.6) is 0 Å². The molecule has 5 nitrogen and oxygen atoms in total. The Kier molecular flexibility index (Phi) is 3.69. The molecule has 0 saturated carbocycles. The molecule has 1 aromatic carbocycles. The van der Waals surface area contributed by atoms with Crippen LogP contribution in [0.25, 0.3) is 0 Å². The minimum Gasteiger partial charge on any atom is -0.372 e. The van der Waals surface area contributed by atoms with Gasteiger partial charge in [0.2, 0.25) is 5.95 Å². The Bertz CT molecular complexity index is 666. The second kappa shape index (κ2) is 5.80. The van der Waals surface area contributed by atoms with E-state index in [1.165, 1.54) is 18.5 Å². The van der Waals surface area contributed by atoms with E-state index >= 15 is 0 Å². The van der Waals surface area contributed by atoms with Crippen molar-refractivity contribution in [2.45, 2.75) is 19.8 Å². The first-order chi connectivity index (χ1) is 10.2. The van der Waals surface area contributed by atoms with Gasteiger partial charge in [-0.05, 0) is 50.1 Å². The zero-order valence-electron chi connectivity index (χ0n) is 12.0. The number of aryl methyl sites for hydroxylation is 1. The van der Waals surface area contributed by atoms with Gasteiger partial charge in [0.15, 0.2) is 0 Å². The molecule has 1 aliphatic heterocycles. The highest BCUT2D eigenvalue weighted by atomic mass is 15.1. The molecule has 0 bridgehead atoms. The van der Waals surface area contributed by atoms with Crippen molar-refractivity contribution >= 4 is 17.3 Å². The molecule has 106 valence electrons. The number of nitrogens with one attached hydrogen (secondary N) is 1. The zero-order valence-corrected chi connectivity index (χ0v) is 12.0. The van der Waals surface area contributed by atoms with Gasteiger partial charge in [0, 0.05) is 30.2 Å². The van der Waals surface area contributed by atoms with E-state index in [4.69, 9.17) is 5.26 Å². The maximum Gasteiger partial charge on any atom is 0.228 e. The summed E-state index contributed by atoms with van der Waals surface area (Å²) in [5.74, 6) is 0.459. The molecule has 1 saturated heterocycles. The molecular formula is C16H17N5. The maximum atomic E-state index is 8.94. The third-order valence-electron chi connectivity index (χ3n) is 3.56. The number of nitrogens with zero attached hydrogens (tertiary/aromatic N) is 4. The monoisotopic (exact) mass is 279 g/mol. The summed E-state index contributed by atoms with van der Waals surface area (Å²) in [5, 5.41) is 12.1. The first-order valence-corrected chi connectivity index (χ1v) is 7.12. The number of nitriles is 1. The summed E-state index contributed by atoms with van der Waals surface area (Å²) >= 11 is 0. The third-order valence-corrected chi connectivity index (χ3v) is 3.56.